The van der Waals surface area contributed by atoms with Crippen LogP contribution in [0.15, 0.2) is 29.4 Å². The number of primary amides is 1. The molecule has 106 valence electrons. The van der Waals surface area contributed by atoms with Crippen LogP contribution in [-0.2, 0) is 11.2 Å². The fourth-order valence-corrected chi connectivity index (χ4v) is 2.28. The van der Waals surface area contributed by atoms with Gasteiger partial charge >= 0.3 is 0 Å². The smallest absolute Gasteiger partial charge is 0.230 e. The number of thioether (sulfide) groups is 1. The van der Waals surface area contributed by atoms with Gasteiger partial charge in [-0.3, -0.25) is 4.79 Å². The molecule has 1 heterocycles. The van der Waals surface area contributed by atoms with Crippen LogP contribution >= 0.6 is 11.8 Å². The molecule has 6 nitrogen and oxygen atoms in total. The highest BCUT2D eigenvalue weighted by atomic mass is 32.2. The van der Waals surface area contributed by atoms with E-state index in [2.05, 4.69) is 10.2 Å². The molecule has 8 heteroatoms. The Morgan fingerprint density at radius 2 is 2.15 bits per heavy atom. The van der Waals surface area contributed by atoms with Gasteiger partial charge in [0.05, 0.1) is 5.25 Å². The summed E-state index contributed by atoms with van der Waals surface area (Å²) in [6.07, 6.45) is 0.224. The lowest BCUT2D eigenvalue weighted by Gasteiger charge is -2.07. The van der Waals surface area contributed by atoms with Crippen molar-refractivity contribution in [2.75, 3.05) is 5.84 Å². The molecular weight excluding hydrogens is 281 g/mol. The SMILES string of the molecule is C[C@@H](Sc1nnc(Cc2ccccc2F)n1N)C(N)=O. The third-order valence-corrected chi connectivity index (χ3v) is 3.80. The number of hydrogen-bond acceptors (Lipinski definition) is 5. The number of nitrogens with zero attached hydrogens (tertiary/aromatic N) is 3. The molecular formula is C12H14FN5OS. The average molecular weight is 295 g/mol. The van der Waals surface area contributed by atoms with E-state index < -0.39 is 11.2 Å². The quantitative estimate of drug-likeness (QED) is 0.624. The Kier molecular flexibility index (Phi) is 4.23. The minimum atomic E-state index is -0.470. The van der Waals surface area contributed by atoms with Gasteiger partial charge in [0, 0.05) is 6.42 Å². The van der Waals surface area contributed by atoms with Gasteiger partial charge in [-0.2, -0.15) is 0 Å². The van der Waals surface area contributed by atoms with Crippen molar-refractivity contribution >= 4 is 17.7 Å². The third kappa shape index (κ3) is 3.08. The molecule has 2 aromatic rings. The first kappa shape index (κ1) is 14.3. The van der Waals surface area contributed by atoms with Gasteiger partial charge in [0.2, 0.25) is 11.1 Å². The van der Waals surface area contributed by atoms with E-state index in [-0.39, 0.29) is 12.2 Å². The van der Waals surface area contributed by atoms with E-state index in [1.54, 1.807) is 25.1 Å². The highest BCUT2D eigenvalue weighted by Crippen LogP contribution is 2.21. The van der Waals surface area contributed by atoms with E-state index in [9.17, 15) is 9.18 Å². The highest BCUT2D eigenvalue weighted by Gasteiger charge is 2.17. The molecule has 1 atom stereocenters. The number of rotatable bonds is 5. The molecule has 0 saturated carbocycles. The lowest BCUT2D eigenvalue weighted by molar-refractivity contribution is -0.117. The number of halogens is 1. The van der Waals surface area contributed by atoms with Crippen LogP contribution in [0.25, 0.3) is 0 Å². The molecule has 1 aromatic carbocycles. The van der Waals surface area contributed by atoms with Crippen molar-refractivity contribution in [2.45, 2.75) is 23.8 Å². The summed E-state index contributed by atoms with van der Waals surface area (Å²) in [5.74, 6) is 5.47. The van der Waals surface area contributed by atoms with Gasteiger partial charge in [0.15, 0.2) is 5.82 Å². The third-order valence-electron chi connectivity index (χ3n) is 2.72. The summed E-state index contributed by atoms with van der Waals surface area (Å²) in [5.41, 5.74) is 5.65. The van der Waals surface area contributed by atoms with Crippen LogP contribution in [0.4, 0.5) is 4.39 Å². The Hall–Kier alpha value is -2.09. The molecule has 0 aliphatic rings. The average Bonchev–Trinajstić information content (AvgIpc) is 2.74. The van der Waals surface area contributed by atoms with Crippen LogP contribution in [0.5, 0.6) is 0 Å². The summed E-state index contributed by atoms with van der Waals surface area (Å²) in [7, 11) is 0. The molecule has 1 aromatic heterocycles. The van der Waals surface area contributed by atoms with Crippen LogP contribution in [0.3, 0.4) is 0 Å². The molecule has 0 fully saturated rings. The lowest BCUT2D eigenvalue weighted by atomic mass is 10.1. The summed E-state index contributed by atoms with van der Waals surface area (Å²) in [4.78, 5) is 11.0. The maximum absolute atomic E-state index is 13.6. The zero-order valence-corrected chi connectivity index (χ0v) is 11.6. The number of hydrogen-bond donors (Lipinski definition) is 2. The predicted octanol–water partition coefficient (Wildman–Crippen LogP) is 0.688. The zero-order chi connectivity index (χ0) is 14.7. The Morgan fingerprint density at radius 3 is 2.80 bits per heavy atom. The van der Waals surface area contributed by atoms with Gasteiger partial charge < -0.3 is 11.6 Å². The Balaban J connectivity index is 2.17. The van der Waals surface area contributed by atoms with Gasteiger partial charge in [-0.1, -0.05) is 30.0 Å². The number of nitrogens with two attached hydrogens (primary N) is 2. The maximum Gasteiger partial charge on any atom is 0.230 e. The first-order valence-electron chi connectivity index (χ1n) is 5.87. The monoisotopic (exact) mass is 295 g/mol. The number of amides is 1. The van der Waals surface area contributed by atoms with Crippen molar-refractivity contribution in [3.63, 3.8) is 0 Å². The van der Waals surface area contributed by atoms with Crippen molar-refractivity contribution in [1.82, 2.24) is 14.9 Å². The van der Waals surface area contributed by atoms with Crippen LogP contribution in [0.2, 0.25) is 0 Å². The van der Waals surface area contributed by atoms with E-state index in [0.717, 1.165) is 11.8 Å². The molecule has 20 heavy (non-hydrogen) atoms. The first-order valence-corrected chi connectivity index (χ1v) is 6.75. The fourth-order valence-electron chi connectivity index (χ4n) is 1.54. The fraction of sp³-hybridized carbons (Fsp3) is 0.250. The Morgan fingerprint density at radius 1 is 1.45 bits per heavy atom. The lowest BCUT2D eigenvalue weighted by Crippen LogP contribution is -2.24. The van der Waals surface area contributed by atoms with Crippen LogP contribution in [0, 0.1) is 5.82 Å². The van der Waals surface area contributed by atoms with E-state index >= 15 is 0 Å². The molecule has 0 radical (unpaired) electrons. The molecule has 4 N–H and O–H groups in total. The molecule has 0 unspecified atom stereocenters. The minimum Gasteiger partial charge on any atom is -0.369 e. The standard InChI is InChI=1S/C12H14FN5OS/c1-7(11(14)19)20-12-17-16-10(18(12)15)6-8-4-2-3-5-9(8)13/h2-5,7H,6,15H2,1H3,(H2,14,19)/t7-/m1/s1. The topological polar surface area (TPSA) is 99.8 Å². The van der Waals surface area contributed by atoms with Crippen molar-refractivity contribution in [3.05, 3.63) is 41.5 Å². The predicted molar refractivity (Wildman–Crippen MR) is 73.9 cm³/mol. The first-order chi connectivity index (χ1) is 9.49. The van der Waals surface area contributed by atoms with Gasteiger partial charge in [-0.15, -0.1) is 10.2 Å². The van der Waals surface area contributed by atoms with E-state index in [0.29, 0.717) is 16.5 Å². The Labute approximate surface area is 119 Å². The van der Waals surface area contributed by atoms with E-state index in [1.165, 1.54) is 10.7 Å². The van der Waals surface area contributed by atoms with Crippen molar-refractivity contribution in [2.24, 2.45) is 5.73 Å². The van der Waals surface area contributed by atoms with Gasteiger partial charge in [0.1, 0.15) is 5.82 Å². The normalized spacial score (nSPS) is 12.3. The summed E-state index contributed by atoms with van der Waals surface area (Å²) in [6.45, 7) is 1.65. The summed E-state index contributed by atoms with van der Waals surface area (Å²) >= 11 is 1.11. The second-order valence-electron chi connectivity index (χ2n) is 4.20. The summed E-state index contributed by atoms with van der Waals surface area (Å²) in [6, 6.07) is 6.38. The largest absolute Gasteiger partial charge is 0.369 e. The van der Waals surface area contributed by atoms with Crippen molar-refractivity contribution in [3.8, 4) is 0 Å². The van der Waals surface area contributed by atoms with Crippen LogP contribution in [0.1, 0.15) is 18.3 Å². The van der Waals surface area contributed by atoms with Crippen molar-refractivity contribution in [1.29, 1.82) is 0 Å². The minimum absolute atomic E-state index is 0.224. The second kappa shape index (κ2) is 5.91. The van der Waals surface area contributed by atoms with Gasteiger partial charge in [-0.05, 0) is 18.6 Å². The summed E-state index contributed by atoms with van der Waals surface area (Å²) < 4.78 is 14.8. The second-order valence-corrected chi connectivity index (χ2v) is 5.51. The maximum atomic E-state index is 13.6. The van der Waals surface area contributed by atoms with Gasteiger partial charge in [-0.25, -0.2) is 9.07 Å². The van der Waals surface area contributed by atoms with Crippen LogP contribution in [-0.4, -0.2) is 26.0 Å². The molecule has 2 rings (SSSR count). The highest BCUT2D eigenvalue weighted by molar-refractivity contribution is 8.00. The number of benzene rings is 1. The van der Waals surface area contributed by atoms with E-state index in [4.69, 9.17) is 11.6 Å². The van der Waals surface area contributed by atoms with Crippen LogP contribution < -0.4 is 11.6 Å². The molecule has 0 bridgehead atoms. The Bertz CT molecular complexity index is 630. The molecule has 0 saturated heterocycles. The zero-order valence-electron chi connectivity index (χ0n) is 10.8. The summed E-state index contributed by atoms with van der Waals surface area (Å²) in [5, 5.41) is 7.69. The van der Waals surface area contributed by atoms with Crippen molar-refractivity contribution < 1.29 is 9.18 Å². The van der Waals surface area contributed by atoms with Gasteiger partial charge in [0.25, 0.3) is 0 Å². The molecule has 0 aliphatic heterocycles. The number of carbonyl (C=O) groups excluding carboxylic acids is 1. The van der Waals surface area contributed by atoms with E-state index in [1.807, 2.05) is 0 Å². The molecule has 0 aliphatic carbocycles. The number of aromatic nitrogens is 3. The molecule has 0 spiro atoms. The number of carbonyl (C=O) groups is 1. The molecule has 1 amide bonds. The number of nitrogen functional groups attached to an aromatic ring is 1.